The van der Waals surface area contributed by atoms with Crippen LogP contribution in [0.1, 0.15) is 65.0 Å². The van der Waals surface area contributed by atoms with E-state index in [0.29, 0.717) is 12.5 Å². The molecule has 2 rings (SSSR count). The number of carbonyl (C=O) groups is 1. The molecule has 23 heavy (non-hydrogen) atoms. The van der Waals surface area contributed by atoms with E-state index in [9.17, 15) is 4.79 Å². The van der Waals surface area contributed by atoms with Crippen molar-refractivity contribution in [3.05, 3.63) is 24.2 Å². The number of amides is 1. The number of hydrogen-bond acceptors (Lipinski definition) is 4. The number of hydrogen-bond donors (Lipinski definition) is 2. The summed E-state index contributed by atoms with van der Waals surface area (Å²) in [6, 6.07) is 2.42. The predicted molar refractivity (Wildman–Crippen MR) is 90.2 cm³/mol. The highest BCUT2D eigenvalue weighted by Crippen LogP contribution is 2.29. The Balaban J connectivity index is 1.90. The normalized spacial score (nSPS) is 18.6. The Kier molecular flexibility index (Phi) is 6.10. The average Bonchev–Trinajstić information content (AvgIpc) is 3.13. The van der Waals surface area contributed by atoms with Crippen molar-refractivity contribution in [2.24, 2.45) is 5.92 Å². The van der Waals surface area contributed by atoms with Gasteiger partial charge in [0, 0.05) is 24.2 Å². The lowest BCUT2D eigenvalue weighted by Crippen LogP contribution is -2.46. The number of ether oxygens (including phenoxy) is 1. The summed E-state index contributed by atoms with van der Waals surface area (Å²) in [7, 11) is 0. The lowest BCUT2D eigenvalue weighted by molar-refractivity contribution is 0.0517. The quantitative estimate of drug-likeness (QED) is 0.830. The molecule has 0 spiro atoms. The molecule has 0 radical (unpaired) electrons. The van der Waals surface area contributed by atoms with Crippen LogP contribution < -0.4 is 10.6 Å². The smallest absolute Gasteiger partial charge is 0.407 e. The standard InChI is InChI=1S/C18H30N2O3/c1-13(15-9-10-22-12-15)20-16(14-7-5-6-8-14)11-19-17(21)23-18(2,3)4/h9-10,12-14,16,20H,5-8,11H2,1-4H3,(H,19,21). The van der Waals surface area contributed by atoms with Crippen molar-refractivity contribution in [3.8, 4) is 0 Å². The molecule has 1 aromatic rings. The van der Waals surface area contributed by atoms with Crippen LogP contribution in [-0.2, 0) is 4.74 Å². The molecule has 5 nitrogen and oxygen atoms in total. The molecule has 0 saturated heterocycles. The Labute approximate surface area is 139 Å². The van der Waals surface area contributed by atoms with Crippen molar-refractivity contribution in [3.63, 3.8) is 0 Å². The van der Waals surface area contributed by atoms with Crippen LogP contribution in [0.5, 0.6) is 0 Å². The van der Waals surface area contributed by atoms with Crippen molar-refractivity contribution in [1.82, 2.24) is 10.6 Å². The summed E-state index contributed by atoms with van der Waals surface area (Å²) in [5.41, 5.74) is 0.662. The maximum absolute atomic E-state index is 11.9. The van der Waals surface area contributed by atoms with Crippen LogP contribution in [0, 0.1) is 5.92 Å². The Morgan fingerprint density at radius 3 is 2.65 bits per heavy atom. The summed E-state index contributed by atoms with van der Waals surface area (Å²) >= 11 is 0. The molecular weight excluding hydrogens is 292 g/mol. The number of rotatable bonds is 6. The molecule has 1 aliphatic carbocycles. The fraction of sp³-hybridized carbons (Fsp3) is 0.722. The lowest BCUT2D eigenvalue weighted by Gasteiger charge is -2.29. The van der Waals surface area contributed by atoms with E-state index < -0.39 is 5.60 Å². The Hall–Kier alpha value is -1.49. The van der Waals surface area contributed by atoms with Gasteiger partial charge in [-0.25, -0.2) is 4.79 Å². The summed E-state index contributed by atoms with van der Waals surface area (Å²) < 4.78 is 10.5. The molecule has 2 unspecified atom stereocenters. The first-order valence-electron chi connectivity index (χ1n) is 8.60. The van der Waals surface area contributed by atoms with E-state index in [2.05, 4.69) is 17.6 Å². The Morgan fingerprint density at radius 1 is 1.39 bits per heavy atom. The first kappa shape index (κ1) is 17.9. The Bertz CT molecular complexity index is 473. The average molecular weight is 322 g/mol. The van der Waals surface area contributed by atoms with Crippen LogP contribution in [0.15, 0.2) is 23.0 Å². The van der Waals surface area contributed by atoms with Crippen molar-refractivity contribution >= 4 is 6.09 Å². The summed E-state index contributed by atoms with van der Waals surface area (Å²) in [6.07, 6.45) is 8.09. The van der Waals surface area contributed by atoms with Crippen LogP contribution in [-0.4, -0.2) is 24.3 Å². The largest absolute Gasteiger partial charge is 0.472 e. The van der Waals surface area contributed by atoms with Crippen molar-refractivity contribution in [2.45, 2.75) is 71.1 Å². The summed E-state index contributed by atoms with van der Waals surface area (Å²) in [4.78, 5) is 11.9. The minimum absolute atomic E-state index is 0.194. The van der Waals surface area contributed by atoms with Gasteiger partial charge in [0.05, 0.1) is 12.5 Å². The molecule has 1 heterocycles. The molecule has 0 bridgehead atoms. The van der Waals surface area contributed by atoms with E-state index in [-0.39, 0.29) is 18.2 Å². The van der Waals surface area contributed by atoms with Gasteiger partial charge in [0.1, 0.15) is 5.60 Å². The van der Waals surface area contributed by atoms with E-state index in [4.69, 9.17) is 9.15 Å². The van der Waals surface area contributed by atoms with Gasteiger partial charge in [-0.1, -0.05) is 12.8 Å². The van der Waals surface area contributed by atoms with E-state index in [1.807, 2.05) is 26.8 Å². The molecule has 1 aliphatic rings. The fourth-order valence-electron chi connectivity index (χ4n) is 3.17. The third-order valence-corrected chi connectivity index (χ3v) is 4.34. The molecule has 2 atom stereocenters. The van der Waals surface area contributed by atoms with Gasteiger partial charge in [0.15, 0.2) is 0 Å². The molecule has 0 aromatic carbocycles. The summed E-state index contributed by atoms with van der Waals surface area (Å²) in [6.45, 7) is 8.34. The second-order valence-corrected chi connectivity index (χ2v) is 7.48. The van der Waals surface area contributed by atoms with Gasteiger partial charge in [0.2, 0.25) is 0 Å². The molecule has 1 amide bonds. The summed E-state index contributed by atoms with van der Waals surface area (Å²) in [5, 5.41) is 6.57. The number of furan rings is 1. The van der Waals surface area contributed by atoms with Crippen molar-refractivity contribution in [1.29, 1.82) is 0 Å². The van der Waals surface area contributed by atoms with Crippen LogP contribution in [0.4, 0.5) is 4.79 Å². The molecule has 1 saturated carbocycles. The van der Waals surface area contributed by atoms with Crippen LogP contribution >= 0.6 is 0 Å². The van der Waals surface area contributed by atoms with E-state index >= 15 is 0 Å². The van der Waals surface area contributed by atoms with Gasteiger partial charge in [-0.15, -0.1) is 0 Å². The third kappa shape index (κ3) is 5.90. The highest BCUT2D eigenvalue weighted by molar-refractivity contribution is 5.67. The predicted octanol–water partition coefficient (Wildman–Crippen LogP) is 4.01. The molecule has 0 aliphatic heterocycles. The van der Waals surface area contributed by atoms with Crippen molar-refractivity contribution < 1.29 is 13.9 Å². The third-order valence-electron chi connectivity index (χ3n) is 4.34. The maximum atomic E-state index is 11.9. The van der Waals surface area contributed by atoms with Gasteiger partial charge in [-0.05, 0) is 52.5 Å². The van der Waals surface area contributed by atoms with Gasteiger partial charge in [0.25, 0.3) is 0 Å². The first-order valence-corrected chi connectivity index (χ1v) is 8.60. The maximum Gasteiger partial charge on any atom is 0.407 e. The second-order valence-electron chi connectivity index (χ2n) is 7.48. The first-order chi connectivity index (χ1) is 10.8. The minimum Gasteiger partial charge on any atom is -0.472 e. The SMILES string of the molecule is CC(NC(CNC(=O)OC(C)(C)C)C1CCCC1)c1ccoc1. The Morgan fingerprint density at radius 2 is 2.09 bits per heavy atom. The van der Waals surface area contributed by atoms with Crippen LogP contribution in [0.3, 0.4) is 0 Å². The van der Waals surface area contributed by atoms with Crippen molar-refractivity contribution in [2.75, 3.05) is 6.54 Å². The monoisotopic (exact) mass is 322 g/mol. The number of carbonyl (C=O) groups excluding carboxylic acids is 1. The second kappa shape index (κ2) is 7.86. The molecular formula is C18H30N2O3. The van der Waals surface area contributed by atoms with Gasteiger partial charge < -0.3 is 19.8 Å². The molecule has 1 aromatic heterocycles. The minimum atomic E-state index is -0.468. The molecule has 1 fully saturated rings. The number of nitrogens with one attached hydrogen (secondary N) is 2. The van der Waals surface area contributed by atoms with Gasteiger partial charge in [-0.2, -0.15) is 0 Å². The lowest BCUT2D eigenvalue weighted by atomic mass is 9.96. The fourth-order valence-corrected chi connectivity index (χ4v) is 3.17. The molecule has 2 N–H and O–H groups in total. The zero-order valence-corrected chi connectivity index (χ0v) is 14.7. The van der Waals surface area contributed by atoms with E-state index in [1.165, 1.54) is 25.7 Å². The van der Waals surface area contributed by atoms with E-state index in [1.54, 1.807) is 12.5 Å². The van der Waals surface area contributed by atoms with Gasteiger partial charge >= 0.3 is 6.09 Å². The van der Waals surface area contributed by atoms with E-state index in [0.717, 1.165) is 5.56 Å². The number of alkyl carbamates (subject to hydrolysis) is 1. The topological polar surface area (TPSA) is 63.5 Å². The molecule has 130 valence electrons. The van der Waals surface area contributed by atoms with Crippen LogP contribution in [0.25, 0.3) is 0 Å². The zero-order valence-electron chi connectivity index (χ0n) is 14.7. The van der Waals surface area contributed by atoms with Crippen LogP contribution in [0.2, 0.25) is 0 Å². The zero-order chi connectivity index (χ0) is 16.9. The van der Waals surface area contributed by atoms with Gasteiger partial charge in [-0.3, -0.25) is 0 Å². The summed E-state index contributed by atoms with van der Waals surface area (Å²) in [5.74, 6) is 0.597. The highest BCUT2D eigenvalue weighted by Gasteiger charge is 2.27. The molecule has 5 heteroatoms. The highest BCUT2D eigenvalue weighted by atomic mass is 16.6.